The Morgan fingerprint density at radius 1 is 1.35 bits per heavy atom. The molecule has 2 amide bonds. The lowest BCUT2D eigenvalue weighted by molar-refractivity contribution is 0.186. The molecule has 0 unspecified atom stereocenters. The summed E-state index contributed by atoms with van der Waals surface area (Å²) in [5.41, 5.74) is 1.04. The van der Waals surface area contributed by atoms with E-state index in [-0.39, 0.29) is 36.1 Å². The minimum atomic E-state index is -0.199. The molecule has 128 valence electrons. The highest BCUT2D eigenvalue weighted by Gasteiger charge is 2.31. The predicted molar refractivity (Wildman–Crippen MR) is 90.8 cm³/mol. The molecule has 0 saturated heterocycles. The Hall–Kier alpha value is -1.75. The summed E-state index contributed by atoms with van der Waals surface area (Å²) in [7, 11) is 0. The van der Waals surface area contributed by atoms with Gasteiger partial charge in [0.2, 0.25) is 0 Å². The summed E-state index contributed by atoms with van der Waals surface area (Å²) in [5.74, 6) is 1.06. The second-order valence-corrected chi connectivity index (χ2v) is 7.29. The zero-order chi connectivity index (χ0) is 17.0. The van der Waals surface area contributed by atoms with Gasteiger partial charge in [0.05, 0.1) is 6.61 Å². The Morgan fingerprint density at radius 3 is 2.70 bits per heavy atom. The van der Waals surface area contributed by atoms with Gasteiger partial charge >= 0.3 is 6.03 Å². The van der Waals surface area contributed by atoms with E-state index in [1.165, 1.54) is 0 Å². The minimum Gasteiger partial charge on any atom is -0.493 e. The fourth-order valence-corrected chi connectivity index (χ4v) is 2.96. The van der Waals surface area contributed by atoms with Gasteiger partial charge in [-0.2, -0.15) is 0 Å². The van der Waals surface area contributed by atoms with E-state index in [1.54, 1.807) is 0 Å². The van der Waals surface area contributed by atoms with Crippen LogP contribution in [0.3, 0.4) is 0 Å². The summed E-state index contributed by atoms with van der Waals surface area (Å²) in [6, 6.07) is 7.64. The number of aliphatic hydroxyl groups is 1. The number of para-hydroxylation sites is 1. The van der Waals surface area contributed by atoms with E-state index < -0.39 is 0 Å². The van der Waals surface area contributed by atoms with Crippen LogP contribution in [0.25, 0.3) is 0 Å². The first-order chi connectivity index (χ1) is 10.8. The normalized spacial score (nSPS) is 19.4. The molecule has 5 nitrogen and oxygen atoms in total. The highest BCUT2D eigenvalue weighted by atomic mass is 16.5. The van der Waals surface area contributed by atoms with E-state index in [0.717, 1.165) is 11.3 Å². The minimum absolute atomic E-state index is 0.0339. The zero-order valence-electron chi connectivity index (χ0n) is 14.4. The van der Waals surface area contributed by atoms with Gasteiger partial charge in [-0.1, -0.05) is 39.0 Å². The maximum absolute atomic E-state index is 12.3. The molecule has 0 aliphatic carbocycles. The third-order valence-electron chi connectivity index (χ3n) is 4.47. The number of ether oxygens (including phenoxy) is 1. The van der Waals surface area contributed by atoms with Crippen molar-refractivity contribution in [2.45, 2.75) is 52.1 Å². The molecule has 1 aliphatic heterocycles. The van der Waals surface area contributed by atoms with Gasteiger partial charge in [0.15, 0.2) is 0 Å². The molecule has 0 spiro atoms. The number of carbonyl (C=O) groups excluding carboxylic acids is 1. The lowest BCUT2D eigenvalue weighted by Gasteiger charge is -2.32. The van der Waals surface area contributed by atoms with E-state index in [2.05, 4.69) is 31.4 Å². The van der Waals surface area contributed by atoms with E-state index in [9.17, 15) is 9.90 Å². The molecule has 0 radical (unpaired) electrons. The molecule has 0 saturated carbocycles. The summed E-state index contributed by atoms with van der Waals surface area (Å²) in [4.78, 5) is 12.3. The molecule has 1 heterocycles. The molecule has 1 aromatic carbocycles. The largest absolute Gasteiger partial charge is 0.493 e. The van der Waals surface area contributed by atoms with Crippen LogP contribution in [-0.2, 0) is 0 Å². The fraction of sp³-hybridized carbons (Fsp3) is 0.611. The highest BCUT2D eigenvalue weighted by molar-refractivity contribution is 5.74. The Kier molecular flexibility index (Phi) is 5.52. The van der Waals surface area contributed by atoms with E-state index >= 15 is 0 Å². The Labute approximate surface area is 138 Å². The summed E-state index contributed by atoms with van der Waals surface area (Å²) in [5, 5.41) is 15.2. The topological polar surface area (TPSA) is 70.6 Å². The van der Waals surface area contributed by atoms with Crippen molar-refractivity contribution in [3.63, 3.8) is 0 Å². The first kappa shape index (κ1) is 17.6. The van der Waals surface area contributed by atoms with E-state index in [4.69, 9.17) is 4.74 Å². The fourth-order valence-electron chi connectivity index (χ4n) is 2.96. The van der Waals surface area contributed by atoms with Crippen LogP contribution in [0.2, 0.25) is 0 Å². The second-order valence-electron chi connectivity index (χ2n) is 7.29. The lowest BCUT2D eigenvalue weighted by atomic mass is 9.85. The molecule has 0 aromatic heterocycles. The number of nitrogens with one attached hydrogen (secondary N) is 2. The van der Waals surface area contributed by atoms with Crippen molar-refractivity contribution in [3.05, 3.63) is 29.8 Å². The molecule has 3 atom stereocenters. The van der Waals surface area contributed by atoms with Crippen LogP contribution in [0.15, 0.2) is 24.3 Å². The average molecular weight is 320 g/mol. The number of amides is 2. The summed E-state index contributed by atoms with van der Waals surface area (Å²) in [6.45, 7) is 8.80. The van der Waals surface area contributed by atoms with Crippen LogP contribution in [0, 0.1) is 5.41 Å². The first-order valence-electron chi connectivity index (χ1n) is 8.22. The molecular formula is C18H28N2O3. The second kappa shape index (κ2) is 7.21. The van der Waals surface area contributed by atoms with Crippen LogP contribution in [0.5, 0.6) is 5.75 Å². The van der Waals surface area contributed by atoms with Crippen LogP contribution in [0.1, 0.15) is 45.6 Å². The zero-order valence-corrected chi connectivity index (χ0v) is 14.4. The average Bonchev–Trinajstić information content (AvgIpc) is 2.89. The lowest BCUT2D eigenvalue weighted by Crippen LogP contribution is -2.51. The van der Waals surface area contributed by atoms with Crippen LogP contribution >= 0.6 is 0 Å². The molecule has 0 fully saturated rings. The van der Waals surface area contributed by atoms with Crippen molar-refractivity contribution in [2.24, 2.45) is 5.41 Å². The van der Waals surface area contributed by atoms with Gasteiger partial charge in [0.25, 0.3) is 0 Å². The Bertz CT molecular complexity index is 539. The van der Waals surface area contributed by atoms with Crippen molar-refractivity contribution in [1.82, 2.24) is 10.6 Å². The monoisotopic (exact) mass is 320 g/mol. The molecule has 23 heavy (non-hydrogen) atoms. The molecule has 1 aliphatic rings. The van der Waals surface area contributed by atoms with Gasteiger partial charge in [0, 0.05) is 30.2 Å². The quantitative estimate of drug-likeness (QED) is 0.781. The molecule has 0 bridgehead atoms. The summed E-state index contributed by atoms with van der Waals surface area (Å²) < 4.78 is 5.68. The summed E-state index contributed by atoms with van der Waals surface area (Å²) >= 11 is 0. The number of fused-ring (bicyclic) bond motifs is 1. The van der Waals surface area contributed by atoms with Gasteiger partial charge in [-0.05, 0) is 24.8 Å². The third-order valence-corrected chi connectivity index (χ3v) is 4.47. The SMILES string of the molecule is C[C@H](NC(=O)N[C@H](CCO)C(C)(C)C)[C@@H]1COc2ccccc21. The maximum Gasteiger partial charge on any atom is 0.315 e. The number of benzene rings is 1. The van der Waals surface area contributed by atoms with Crippen molar-refractivity contribution in [3.8, 4) is 5.75 Å². The standard InChI is InChI=1S/C18H28N2O3/c1-12(14-11-23-15-8-6-5-7-13(14)15)19-17(22)20-16(9-10-21)18(2,3)4/h5-8,12,14,16,21H,9-11H2,1-4H3,(H2,19,20,22)/t12-,14-,16+/m0/s1. The molecule has 3 N–H and O–H groups in total. The van der Waals surface area contributed by atoms with E-state index in [0.29, 0.717) is 13.0 Å². The molecule has 5 heteroatoms. The summed E-state index contributed by atoms with van der Waals surface area (Å²) in [6.07, 6.45) is 0.542. The van der Waals surface area contributed by atoms with Crippen molar-refractivity contribution >= 4 is 6.03 Å². The first-order valence-corrected chi connectivity index (χ1v) is 8.22. The van der Waals surface area contributed by atoms with Gasteiger partial charge in [0.1, 0.15) is 5.75 Å². The molecular weight excluding hydrogens is 292 g/mol. The predicted octanol–water partition coefficient (Wildman–Crippen LogP) is 2.65. The molecule has 1 aromatic rings. The smallest absolute Gasteiger partial charge is 0.315 e. The number of aliphatic hydroxyl groups excluding tert-OH is 1. The van der Waals surface area contributed by atoms with Crippen LogP contribution in [0.4, 0.5) is 4.79 Å². The van der Waals surface area contributed by atoms with Gasteiger partial charge in [-0.3, -0.25) is 0 Å². The van der Waals surface area contributed by atoms with Gasteiger partial charge < -0.3 is 20.5 Å². The molecule has 2 rings (SSSR count). The van der Waals surface area contributed by atoms with E-state index in [1.807, 2.05) is 31.2 Å². The van der Waals surface area contributed by atoms with Crippen LogP contribution in [-0.4, -0.2) is 36.4 Å². The van der Waals surface area contributed by atoms with Crippen molar-refractivity contribution in [1.29, 1.82) is 0 Å². The van der Waals surface area contributed by atoms with Crippen molar-refractivity contribution in [2.75, 3.05) is 13.2 Å². The Balaban J connectivity index is 1.95. The highest BCUT2D eigenvalue weighted by Crippen LogP contribution is 2.35. The number of hydrogen-bond donors (Lipinski definition) is 3. The Morgan fingerprint density at radius 2 is 2.04 bits per heavy atom. The number of carbonyl (C=O) groups is 1. The third kappa shape index (κ3) is 4.38. The number of hydrogen-bond acceptors (Lipinski definition) is 3. The number of urea groups is 1. The number of rotatable bonds is 5. The van der Waals surface area contributed by atoms with Gasteiger partial charge in [-0.25, -0.2) is 4.79 Å². The van der Waals surface area contributed by atoms with Crippen LogP contribution < -0.4 is 15.4 Å². The van der Waals surface area contributed by atoms with Crippen molar-refractivity contribution < 1.29 is 14.6 Å². The van der Waals surface area contributed by atoms with Gasteiger partial charge in [-0.15, -0.1) is 0 Å². The maximum atomic E-state index is 12.3.